The molecule has 0 saturated carbocycles. The Morgan fingerprint density at radius 2 is 2.39 bits per heavy atom. The van der Waals surface area contributed by atoms with Crippen LogP contribution in [0.1, 0.15) is 0 Å². The summed E-state index contributed by atoms with van der Waals surface area (Å²) in [6.45, 7) is 0. The third-order valence-electron chi connectivity index (χ3n) is 2.10. The van der Waals surface area contributed by atoms with Crippen LogP contribution < -0.4 is 11.1 Å². The van der Waals surface area contributed by atoms with Crippen LogP contribution in [0.15, 0.2) is 35.7 Å². The molecule has 0 unspecified atom stereocenters. The Balaban J connectivity index is 1.91. The van der Waals surface area contributed by atoms with E-state index in [1.165, 1.54) is 23.9 Å². The van der Waals surface area contributed by atoms with Crippen molar-refractivity contribution in [3.63, 3.8) is 0 Å². The summed E-state index contributed by atoms with van der Waals surface area (Å²) in [6.07, 6.45) is 3.29. The number of anilines is 2. The van der Waals surface area contributed by atoms with Gasteiger partial charge in [0, 0.05) is 12.4 Å². The second kappa shape index (κ2) is 5.54. The van der Waals surface area contributed by atoms with E-state index in [9.17, 15) is 9.18 Å². The van der Waals surface area contributed by atoms with E-state index in [0.717, 1.165) is 6.07 Å². The molecule has 0 saturated heterocycles. The highest BCUT2D eigenvalue weighted by molar-refractivity contribution is 7.99. The molecule has 2 aromatic rings. The maximum Gasteiger partial charge on any atom is 0.234 e. The Kier molecular flexibility index (Phi) is 3.83. The molecule has 2 rings (SSSR count). The number of imidazole rings is 1. The van der Waals surface area contributed by atoms with Gasteiger partial charge in [0.15, 0.2) is 5.16 Å². The fraction of sp³-hybridized carbons (Fsp3) is 0.0909. The fourth-order valence-corrected chi connectivity index (χ4v) is 1.92. The number of nitrogen functional groups attached to an aromatic ring is 1. The highest BCUT2D eigenvalue weighted by Crippen LogP contribution is 2.20. The molecular weight excluding hydrogens is 255 g/mol. The van der Waals surface area contributed by atoms with Crippen LogP contribution in [-0.4, -0.2) is 21.6 Å². The van der Waals surface area contributed by atoms with Crippen molar-refractivity contribution in [2.45, 2.75) is 5.16 Å². The third-order valence-corrected chi connectivity index (χ3v) is 3.00. The number of nitrogens with two attached hydrogens (primary N) is 1. The lowest BCUT2D eigenvalue weighted by Crippen LogP contribution is -2.15. The first kappa shape index (κ1) is 12.4. The van der Waals surface area contributed by atoms with E-state index in [2.05, 4.69) is 15.3 Å². The molecule has 0 aliphatic heterocycles. The van der Waals surface area contributed by atoms with E-state index in [-0.39, 0.29) is 17.3 Å². The van der Waals surface area contributed by atoms with Crippen molar-refractivity contribution < 1.29 is 9.18 Å². The smallest absolute Gasteiger partial charge is 0.234 e. The molecule has 1 aromatic heterocycles. The number of hydrogen-bond donors (Lipinski definition) is 3. The number of aromatic nitrogens is 2. The van der Waals surface area contributed by atoms with E-state index in [1.807, 2.05) is 0 Å². The summed E-state index contributed by atoms with van der Waals surface area (Å²) >= 11 is 1.27. The Hall–Kier alpha value is -2.02. The van der Waals surface area contributed by atoms with Gasteiger partial charge in [-0.2, -0.15) is 0 Å². The predicted octanol–water partition coefficient (Wildman–Crippen LogP) is 1.86. The number of aromatic amines is 1. The van der Waals surface area contributed by atoms with Gasteiger partial charge in [0.05, 0.1) is 17.1 Å². The maximum absolute atomic E-state index is 12.8. The van der Waals surface area contributed by atoms with Gasteiger partial charge in [-0.25, -0.2) is 9.37 Å². The van der Waals surface area contributed by atoms with Crippen molar-refractivity contribution in [3.05, 3.63) is 36.4 Å². The molecule has 4 N–H and O–H groups in total. The lowest BCUT2D eigenvalue weighted by molar-refractivity contribution is -0.113. The molecule has 94 valence electrons. The van der Waals surface area contributed by atoms with Crippen LogP contribution in [0, 0.1) is 5.82 Å². The fourth-order valence-electron chi connectivity index (χ4n) is 1.30. The molecule has 18 heavy (non-hydrogen) atoms. The SMILES string of the molecule is Nc1cc(F)ccc1NC(=O)CSc1ncc[nH]1. The normalized spacial score (nSPS) is 10.3. The average Bonchev–Trinajstić information content (AvgIpc) is 2.83. The number of rotatable bonds is 4. The molecule has 1 heterocycles. The zero-order valence-electron chi connectivity index (χ0n) is 9.31. The standard InChI is InChI=1S/C11H11FN4OS/c12-7-1-2-9(8(13)5-7)16-10(17)6-18-11-14-3-4-15-11/h1-5H,6,13H2,(H,14,15)(H,16,17). The molecule has 0 aliphatic rings. The number of halogens is 1. The number of benzene rings is 1. The largest absolute Gasteiger partial charge is 0.397 e. The van der Waals surface area contributed by atoms with Crippen molar-refractivity contribution >= 4 is 29.0 Å². The Morgan fingerprint density at radius 1 is 1.56 bits per heavy atom. The van der Waals surface area contributed by atoms with Crippen LogP contribution in [0.25, 0.3) is 0 Å². The van der Waals surface area contributed by atoms with Gasteiger partial charge < -0.3 is 16.0 Å². The molecule has 0 bridgehead atoms. The van der Waals surface area contributed by atoms with E-state index in [4.69, 9.17) is 5.73 Å². The second-order valence-corrected chi connectivity index (χ2v) is 4.43. The van der Waals surface area contributed by atoms with E-state index in [1.54, 1.807) is 12.4 Å². The van der Waals surface area contributed by atoms with Gasteiger partial charge >= 0.3 is 0 Å². The van der Waals surface area contributed by atoms with Gasteiger partial charge in [0.2, 0.25) is 5.91 Å². The summed E-state index contributed by atoms with van der Waals surface area (Å²) in [5.41, 5.74) is 6.18. The molecule has 0 fully saturated rings. The van der Waals surface area contributed by atoms with Gasteiger partial charge in [-0.3, -0.25) is 4.79 Å². The molecule has 1 amide bonds. The van der Waals surface area contributed by atoms with E-state index < -0.39 is 5.82 Å². The van der Waals surface area contributed by atoms with Crippen LogP contribution in [0.2, 0.25) is 0 Å². The minimum absolute atomic E-state index is 0.199. The highest BCUT2D eigenvalue weighted by Gasteiger charge is 2.07. The van der Waals surface area contributed by atoms with Gasteiger partial charge in [0.1, 0.15) is 5.82 Å². The van der Waals surface area contributed by atoms with Crippen LogP contribution in [0.5, 0.6) is 0 Å². The molecule has 0 aliphatic carbocycles. The van der Waals surface area contributed by atoms with Crippen molar-refractivity contribution in [1.82, 2.24) is 9.97 Å². The topological polar surface area (TPSA) is 83.8 Å². The Labute approximate surface area is 107 Å². The molecule has 0 spiro atoms. The number of nitrogens with one attached hydrogen (secondary N) is 2. The number of thioether (sulfide) groups is 1. The molecule has 0 atom stereocenters. The number of nitrogens with zero attached hydrogens (tertiary/aromatic N) is 1. The van der Waals surface area contributed by atoms with Crippen molar-refractivity contribution in [3.8, 4) is 0 Å². The monoisotopic (exact) mass is 266 g/mol. The molecule has 7 heteroatoms. The summed E-state index contributed by atoms with van der Waals surface area (Å²) in [5, 5.41) is 3.27. The maximum atomic E-state index is 12.8. The average molecular weight is 266 g/mol. The lowest BCUT2D eigenvalue weighted by atomic mass is 10.2. The van der Waals surface area contributed by atoms with E-state index in [0.29, 0.717) is 10.8 Å². The van der Waals surface area contributed by atoms with Gasteiger partial charge in [-0.05, 0) is 18.2 Å². The first-order valence-corrected chi connectivity index (χ1v) is 6.11. The molecule has 1 aromatic carbocycles. The number of hydrogen-bond acceptors (Lipinski definition) is 4. The summed E-state index contributed by atoms with van der Waals surface area (Å²) in [7, 11) is 0. The van der Waals surface area contributed by atoms with Gasteiger partial charge in [-0.15, -0.1) is 0 Å². The summed E-state index contributed by atoms with van der Waals surface area (Å²) in [5.74, 6) is -0.463. The number of carbonyl (C=O) groups is 1. The van der Waals surface area contributed by atoms with Gasteiger partial charge in [-0.1, -0.05) is 11.8 Å². The summed E-state index contributed by atoms with van der Waals surface area (Å²) in [6, 6.07) is 3.83. The van der Waals surface area contributed by atoms with Crippen molar-refractivity contribution in [2.24, 2.45) is 0 Å². The van der Waals surface area contributed by atoms with Crippen LogP contribution in [0.4, 0.5) is 15.8 Å². The molecule has 5 nitrogen and oxygen atoms in total. The van der Waals surface area contributed by atoms with Crippen LogP contribution in [0.3, 0.4) is 0 Å². The number of carbonyl (C=O) groups excluding carboxylic acids is 1. The molecular formula is C11H11FN4OS. The highest BCUT2D eigenvalue weighted by atomic mass is 32.2. The summed E-state index contributed by atoms with van der Waals surface area (Å²) in [4.78, 5) is 18.5. The minimum atomic E-state index is -0.435. The van der Waals surface area contributed by atoms with Crippen LogP contribution >= 0.6 is 11.8 Å². The second-order valence-electron chi connectivity index (χ2n) is 3.46. The quantitative estimate of drug-likeness (QED) is 0.582. The third kappa shape index (κ3) is 3.24. The minimum Gasteiger partial charge on any atom is -0.397 e. The Morgan fingerprint density at radius 3 is 3.06 bits per heavy atom. The Bertz CT molecular complexity index is 544. The van der Waals surface area contributed by atoms with Crippen LogP contribution in [-0.2, 0) is 4.79 Å². The number of amides is 1. The van der Waals surface area contributed by atoms with Gasteiger partial charge in [0.25, 0.3) is 0 Å². The zero-order valence-corrected chi connectivity index (χ0v) is 10.1. The lowest BCUT2D eigenvalue weighted by Gasteiger charge is -2.07. The molecule has 0 radical (unpaired) electrons. The van der Waals surface area contributed by atoms with Crippen molar-refractivity contribution in [1.29, 1.82) is 0 Å². The number of H-pyrrole nitrogens is 1. The first-order chi connectivity index (χ1) is 8.65. The first-order valence-electron chi connectivity index (χ1n) is 5.12. The predicted molar refractivity (Wildman–Crippen MR) is 68.8 cm³/mol. The van der Waals surface area contributed by atoms with E-state index >= 15 is 0 Å². The van der Waals surface area contributed by atoms with Crippen molar-refractivity contribution in [2.75, 3.05) is 16.8 Å². The zero-order chi connectivity index (χ0) is 13.0. The summed E-state index contributed by atoms with van der Waals surface area (Å²) < 4.78 is 12.8.